The average molecular weight is 415 g/mol. The molecule has 0 saturated carbocycles. The molecule has 0 aliphatic rings. The van der Waals surface area contributed by atoms with Crippen molar-refractivity contribution in [3.05, 3.63) is 36.9 Å². The first-order chi connectivity index (χ1) is 11.2. The van der Waals surface area contributed by atoms with Gasteiger partial charge in [0.05, 0.1) is 8.79 Å². The van der Waals surface area contributed by atoms with Crippen LogP contribution in [0.25, 0.3) is 0 Å². The molecular weight excluding hydrogens is 392 g/mol. The van der Waals surface area contributed by atoms with Crippen LogP contribution in [0.15, 0.2) is 27.1 Å². The maximum absolute atomic E-state index is 4.64. The molecule has 126 valence electrons. The van der Waals surface area contributed by atoms with E-state index >= 15 is 0 Å². The smallest absolute Gasteiger partial charge is 0.191 e. The molecule has 2 N–H and O–H groups in total. The van der Waals surface area contributed by atoms with Crippen molar-refractivity contribution in [2.75, 3.05) is 19.6 Å². The van der Waals surface area contributed by atoms with Crippen LogP contribution in [0.4, 0.5) is 0 Å². The van der Waals surface area contributed by atoms with Gasteiger partial charge in [-0.1, -0.05) is 6.92 Å². The van der Waals surface area contributed by atoms with Crippen LogP contribution in [0.1, 0.15) is 28.6 Å². The minimum Gasteiger partial charge on any atom is -0.357 e. The van der Waals surface area contributed by atoms with E-state index in [1.165, 1.54) is 18.5 Å². The van der Waals surface area contributed by atoms with E-state index in [0.717, 1.165) is 44.9 Å². The van der Waals surface area contributed by atoms with Crippen LogP contribution in [-0.2, 0) is 19.3 Å². The lowest BCUT2D eigenvalue weighted by atomic mass is 10.3. The predicted molar refractivity (Wildman–Crippen MR) is 105 cm³/mol. The van der Waals surface area contributed by atoms with Crippen molar-refractivity contribution in [1.29, 1.82) is 0 Å². The molecule has 0 radical (unpaired) electrons. The highest BCUT2D eigenvalue weighted by Crippen LogP contribution is 2.22. The molecule has 0 spiro atoms. The van der Waals surface area contributed by atoms with Gasteiger partial charge in [0.2, 0.25) is 0 Å². The summed E-state index contributed by atoms with van der Waals surface area (Å²) < 4.78 is 1.18. The number of thiazole rings is 1. The lowest BCUT2D eigenvalue weighted by Gasteiger charge is -2.10. The zero-order valence-electron chi connectivity index (χ0n) is 13.6. The summed E-state index contributed by atoms with van der Waals surface area (Å²) in [7, 11) is 0. The average Bonchev–Trinajstić information content (AvgIpc) is 3.16. The zero-order chi connectivity index (χ0) is 16.5. The maximum atomic E-state index is 4.64. The van der Waals surface area contributed by atoms with Crippen molar-refractivity contribution in [3.8, 4) is 0 Å². The van der Waals surface area contributed by atoms with E-state index in [9.17, 15) is 0 Å². The number of hydrogen-bond acceptors (Lipinski definition) is 4. The van der Waals surface area contributed by atoms with Crippen LogP contribution in [0.3, 0.4) is 0 Å². The molecule has 2 aromatic heterocycles. The lowest BCUT2D eigenvalue weighted by Crippen LogP contribution is -2.38. The van der Waals surface area contributed by atoms with Crippen molar-refractivity contribution in [2.45, 2.75) is 33.1 Å². The van der Waals surface area contributed by atoms with Crippen LogP contribution in [-0.4, -0.2) is 30.6 Å². The number of aryl methyl sites for hydroxylation is 1. The van der Waals surface area contributed by atoms with E-state index in [2.05, 4.69) is 62.5 Å². The minimum atomic E-state index is 0.760. The van der Waals surface area contributed by atoms with Crippen molar-refractivity contribution in [1.82, 2.24) is 15.6 Å². The van der Waals surface area contributed by atoms with E-state index in [1.54, 1.807) is 22.7 Å². The van der Waals surface area contributed by atoms with Gasteiger partial charge in [0.1, 0.15) is 0 Å². The van der Waals surface area contributed by atoms with Crippen LogP contribution < -0.4 is 10.6 Å². The van der Waals surface area contributed by atoms with Crippen molar-refractivity contribution in [2.24, 2.45) is 4.99 Å². The molecule has 0 atom stereocenters. The largest absolute Gasteiger partial charge is 0.357 e. The van der Waals surface area contributed by atoms with Crippen molar-refractivity contribution < 1.29 is 0 Å². The molecule has 23 heavy (non-hydrogen) atoms. The summed E-state index contributed by atoms with van der Waals surface area (Å²) in [6.45, 7) is 6.76. The fourth-order valence-corrected chi connectivity index (χ4v) is 4.36. The molecule has 0 fully saturated rings. The van der Waals surface area contributed by atoms with E-state index in [-0.39, 0.29) is 0 Å². The third-order valence-corrected chi connectivity index (χ3v) is 6.07. The summed E-state index contributed by atoms with van der Waals surface area (Å²) in [6, 6.07) is 4.26. The summed E-state index contributed by atoms with van der Waals surface area (Å²) in [5.41, 5.74) is 0. The number of thiophene rings is 1. The Morgan fingerprint density at radius 2 is 2.04 bits per heavy atom. The molecule has 0 bridgehead atoms. The number of aliphatic imine (C=N–C) groups is 1. The second-order valence-corrected chi connectivity index (χ2v) is 8.71. The highest BCUT2D eigenvalue weighted by molar-refractivity contribution is 9.11. The van der Waals surface area contributed by atoms with Crippen LogP contribution in [0.2, 0.25) is 0 Å². The van der Waals surface area contributed by atoms with Gasteiger partial charge < -0.3 is 10.6 Å². The molecule has 0 aromatic carbocycles. The quantitative estimate of drug-likeness (QED) is 0.508. The number of rotatable bonds is 8. The summed E-state index contributed by atoms with van der Waals surface area (Å²) in [5.74, 6) is 0.885. The third-order valence-electron chi connectivity index (χ3n) is 3.18. The molecule has 7 heteroatoms. The summed E-state index contributed by atoms with van der Waals surface area (Å²) in [6.07, 6.45) is 4.95. The van der Waals surface area contributed by atoms with Gasteiger partial charge in [0.15, 0.2) is 5.96 Å². The van der Waals surface area contributed by atoms with Gasteiger partial charge >= 0.3 is 0 Å². The first-order valence-electron chi connectivity index (χ1n) is 7.91. The fraction of sp³-hybridized carbons (Fsp3) is 0.500. The Hall–Kier alpha value is -0.920. The van der Waals surface area contributed by atoms with E-state index < -0.39 is 0 Å². The van der Waals surface area contributed by atoms with Crippen LogP contribution >= 0.6 is 38.6 Å². The molecule has 0 aliphatic carbocycles. The number of nitrogens with one attached hydrogen (secondary N) is 2. The van der Waals surface area contributed by atoms with Gasteiger partial charge in [-0.15, -0.1) is 22.7 Å². The number of aromatic nitrogens is 1. The van der Waals surface area contributed by atoms with Gasteiger partial charge in [-0.05, 0) is 47.8 Å². The van der Waals surface area contributed by atoms with Crippen LogP contribution in [0.5, 0.6) is 0 Å². The van der Waals surface area contributed by atoms with E-state index in [1.807, 2.05) is 6.20 Å². The normalized spacial score (nSPS) is 11.7. The Kier molecular flexibility index (Phi) is 8.05. The first-order valence-corrected chi connectivity index (χ1v) is 10.3. The highest BCUT2D eigenvalue weighted by Gasteiger charge is 2.02. The van der Waals surface area contributed by atoms with Gasteiger partial charge in [0, 0.05) is 42.0 Å². The van der Waals surface area contributed by atoms with Gasteiger partial charge in [-0.3, -0.25) is 4.99 Å². The van der Waals surface area contributed by atoms with Gasteiger partial charge in [-0.2, -0.15) is 0 Å². The fourth-order valence-electron chi connectivity index (χ4n) is 2.02. The van der Waals surface area contributed by atoms with Crippen molar-refractivity contribution in [3.63, 3.8) is 0 Å². The molecule has 0 amide bonds. The minimum absolute atomic E-state index is 0.760. The second kappa shape index (κ2) is 10.1. The summed E-state index contributed by atoms with van der Waals surface area (Å²) >= 11 is 7.07. The number of hydrogen-bond donors (Lipinski definition) is 2. The lowest BCUT2D eigenvalue weighted by molar-refractivity contribution is 0.801. The summed E-state index contributed by atoms with van der Waals surface area (Å²) in [5, 5.41) is 7.86. The summed E-state index contributed by atoms with van der Waals surface area (Å²) in [4.78, 5) is 11.8. The molecule has 2 heterocycles. The molecule has 0 saturated heterocycles. The highest BCUT2D eigenvalue weighted by atomic mass is 79.9. The third kappa shape index (κ3) is 6.61. The molecule has 2 rings (SSSR count). The van der Waals surface area contributed by atoms with Crippen molar-refractivity contribution >= 4 is 44.6 Å². The topological polar surface area (TPSA) is 49.3 Å². The maximum Gasteiger partial charge on any atom is 0.191 e. The zero-order valence-corrected chi connectivity index (χ0v) is 16.8. The predicted octanol–water partition coefficient (Wildman–Crippen LogP) is 3.87. The Labute approximate surface area is 154 Å². The second-order valence-electron chi connectivity index (χ2n) is 4.97. The molecule has 2 aromatic rings. The molecule has 4 nitrogen and oxygen atoms in total. The number of halogens is 1. The van der Waals surface area contributed by atoms with Gasteiger partial charge in [0.25, 0.3) is 0 Å². The first kappa shape index (κ1) is 18.4. The molecular formula is C16H23BrN4S2. The molecule has 0 aliphatic heterocycles. The Balaban J connectivity index is 1.77. The van der Waals surface area contributed by atoms with E-state index in [4.69, 9.17) is 0 Å². The van der Waals surface area contributed by atoms with Crippen LogP contribution in [0, 0.1) is 0 Å². The number of nitrogens with zero attached hydrogens (tertiary/aromatic N) is 2. The number of guanidine groups is 1. The standard InChI is InChI=1S/C16H23BrN4S2/c1-3-12-11-21-15(23-12)8-10-20-16(18-4-2)19-9-7-13-5-6-14(17)22-13/h5-6,11H,3-4,7-10H2,1-2H3,(H2,18,19,20). The Morgan fingerprint density at radius 3 is 2.70 bits per heavy atom. The molecule has 0 unspecified atom stereocenters. The Bertz CT molecular complexity index is 621. The van der Waals surface area contributed by atoms with Gasteiger partial charge in [-0.25, -0.2) is 4.98 Å². The van der Waals surface area contributed by atoms with E-state index in [0.29, 0.717) is 0 Å². The SMILES string of the molecule is CCNC(=NCCc1ncc(CC)s1)NCCc1ccc(Br)s1. The monoisotopic (exact) mass is 414 g/mol. The Morgan fingerprint density at radius 1 is 1.17 bits per heavy atom.